The van der Waals surface area contributed by atoms with E-state index < -0.39 is 0 Å². The number of aryl methyl sites for hydroxylation is 2. The van der Waals surface area contributed by atoms with Crippen LogP contribution in [0.25, 0.3) is 0 Å². The Kier molecular flexibility index (Phi) is 6.90. The lowest BCUT2D eigenvalue weighted by molar-refractivity contribution is -0.0233. The van der Waals surface area contributed by atoms with Crippen LogP contribution in [-0.2, 0) is 12.8 Å². The number of fused-ring (bicyclic) bond motifs is 10. The molecule has 244 valence electrons. The van der Waals surface area contributed by atoms with Crippen molar-refractivity contribution < 1.29 is 34.6 Å². The molecule has 0 saturated heterocycles. The van der Waals surface area contributed by atoms with Gasteiger partial charge in [0.2, 0.25) is 11.5 Å². The number of ether oxygens (including phenoxy) is 3. The SMILES string of the molecule is COc1c(O)cc2c(c1Oc1c(OC)c(O)cc3c1[C@H]1CC[C@]4(C)[C@H](O)CC[C@H]4[C@@H]1CC3)[C@H]1CC[C@]3(C)[C@H](O)CC[C@H]3[C@@H]1CC2. The normalized spacial score (nSPS) is 39.5. The number of phenols is 2. The van der Waals surface area contributed by atoms with Gasteiger partial charge < -0.3 is 34.6 Å². The predicted molar refractivity (Wildman–Crippen MR) is 171 cm³/mol. The van der Waals surface area contributed by atoms with Crippen LogP contribution in [0.1, 0.15) is 112 Å². The summed E-state index contributed by atoms with van der Waals surface area (Å²) in [4.78, 5) is 0. The molecule has 2 aromatic carbocycles. The van der Waals surface area contributed by atoms with Crippen LogP contribution in [0.5, 0.6) is 34.5 Å². The summed E-state index contributed by atoms with van der Waals surface area (Å²) in [7, 11) is 3.16. The van der Waals surface area contributed by atoms with Gasteiger partial charge in [-0.15, -0.1) is 0 Å². The lowest BCUT2D eigenvalue weighted by Gasteiger charge is -2.51. The highest BCUT2D eigenvalue weighted by Crippen LogP contribution is 2.66. The highest BCUT2D eigenvalue weighted by Gasteiger charge is 2.57. The number of aliphatic hydroxyl groups excluding tert-OH is 2. The molecule has 0 radical (unpaired) electrons. The number of benzene rings is 2. The zero-order valence-corrected chi connectivity index (χ0v) is 27.3. The van der Waals surface area contributed by atoms with Gasteiger partial charge in [0.1, 0.15) is 0 Å². The topological polar surface area (TPSA) is 109 Å². The summed E-state index contributed by atoms with van der Waals surface area (Å²) in [6.07, 6.45) is 10.9. The van der Waals surface area contributed by atoms with Crippen LogP contribution in [0.3, 0.4) is 0 Å². The van der Waals surface area contributed by atoms with Crippen LogP contribution in [-0.4, -0.2) is 46.9 Å². The smallest absolute Gasteiger partial charge is 0.204 e. The van der Waals surface area contributed by atoms with E-state index in [0.717, 1.165) is 99.3 Å². The van der Waals surface area contributed by atoms with Gasteiger partial charge in [0.25, 0.3) is 0 Å². The van der Waals surface area contributed by atoms with E-state index in [1.807, 2.05) is 12.1 Å². The van der Waals surface area contributed by atoms with Crippen LogP contribution < -0.4 is 14.2 Å². The summed E-state index contributed by atoms with van der Waals surface area (Å²) in [5.74, 6) is 4.15. The summed E-state index contributed by atoms with van der Waals surface area (Å²) >= 11 is 0. The maximum Gasteiger partial charge on any atom is 0.204 e. The minimum absolute atomic E-state index is 0.0491. The average Bonchev–Trinajstić information content (AvgIpc) is 3.50. The highest BCUT2D eigenvalue weighted by atomic mass is 16.5. The molecule has 45 heavy (non-hydrogen) atoms. The molecule has 6 aliphatic carbocycles. The molecule has 10 atom stereocenters. The van der Waals surface area contributed by atoms with Crippen molar-refractivity contribution in [3.63, 3.8) is 0 Å². The van der Waals surface area contributed by atoms with Gasteiger partial charge in [-0.2, -0.15) is 0 Å². The van der Waals surface area contributed by atoms with E-state index in [-0.39, 0.29) is 46.4 Å². The van der Waals surface area contributed by atoms with Crippen molar-refractivity contribution in [2.75, 3.05) is 14.2 Å². The second-order valence-electron chi connectivity index (χ2n) is 15.9. The first-order valence-corrected chi connectivity index (χ1v) is 17.5. The number of hydrogen-bond donors (Lipinski definition) is 4. The maximum absolute atomic E-state index is 11.3. The highest BCUT2D eigenvalue weighted by molar-refractivity contribution is 5.66. The molecule has 4 fully saturated rings. The Morgan fingerprint density at radius 1 is 0.600 bits per heavy atom. The van der Waals surface area contributed by atoms with E-state index in [0.29, 0.717) is 46.7 Å². The summed E-state index contributed by atoms with van der Waals surface area (Å²) < 4.78 is 18.9. The average molecular weight is 619 g/mol. The van der Waals surface area contributed by atoms with E-state index in [1.54, 1.807) is 14.2 Å². The zero-order chi connectivity index (χ0) is 31.4. The Hall–Kier alpha value is -2.64. The predicted octanol–water partition coefficient (Wildman–Crippen LogP) is 7.34. The Labute approximate surface area is 266 Å². The molecule has 6 aliphatic rings. The van der Waals surface area contributed by atoms with Gasteiger partial charge in [-0.1, -0.05) is 13.8 Å². The fourth-order valence-corrected chi connectivity index (χ4v) is 12.0. The minimum Gasteiger partial charge on any atom is -0.504 e. The summed E-state index contributed by atoms with van der Waals surface area (Å²) in [5, 5.41) is 44.5. The lowest BCUT2D eigenvalue weighted by Crippen LogP contribution is -2.44. The van der Waals surface area contributed by atoms with E-state index in [9.17, 15) is 20.4 Å². The minimum atomic E-state index is -0.246. The molecule has 0 unspecified atom stereocenters. The summed E-state index contributed by atoms with van der Waals surface area (Å²) in [5.41, 5.74) is 4.34. The lowest BCUT2D eigenvalue weighted by atomic mass is 9.55. The van der Waals surface area contributed by atoms with Crippen molar-refractivity contribution in [3.05, 3.63) is 34.4 Å². The second kappa shape index (κ2) is 10.4. The number of hydrogen-bond acceptors (Lipinski definition) is 7. The van der Waals surface area contributed by atoms with E-state index in [1.165, 1.54) is 0 Å². The van der Waals surface area contributed by atoms with Crippen molar-refractivity contribution in [3.8, 4) is 34.5 Å². The van der Waals surface area contributed by atoms with Crippen LogP contribution in [0.15, 0.2) is 12.1 Å². The molecule has 2 aromatic rings. The molecule has 7 nitrogen and oxygen atoms in total. The van der Waals surface area contributed by atoms with Crippen LogP contribution in [0, 0.1) is 34.5 Å². The molecule has 0 heterocycles. The third kappa shape index (κ3) is 4.08. The number of aromatic hydroxyl groups is 2. The third-order valence-electron chi connectivity index (χ3n) is 14.3. The van der Waals surface area contributed by atoms with Gasteiger partial charge in [0.15, 0.2) is 23.0 Å². The Morgan fingerprint density at radius 3 is 1.42 bits per heavy atom. The molecule has 0 bridgehead atoms. The molecule has 4 N–H and O–H groups in total. The quantitative estimate of drug-likeness (QED) is 0.284. The van der Waals surface area contributed by atoms with Crippen molar-refractivity contribution in [2.45, 2.75) is 115 Å². The van der Waals surface area contributed by atoms with Crippen molar-refractivity contribution >= 4 is 0 Å². The van der Waals surface area contributed by atoms with Crippen molar-refractivity contribution in [1.82, 2.24) is 0 Å². The van der Waals surface area contributed by atoms with E-state index >= 15 is 0 Å². The first-order valence-electron chi connectivity index (χ1n) is 17.5. The maximum atomic E-state index is 11.3. The zero-order valence-electron chi connectivity index (χ0n) is 27.3. The Balaban J connectivity index is 1.26. The molecule has 0 spiro atoms. The molecule has 7 heteroatoms. The number of rotatable bonds is 4. The second-order valence-corrected chi connectivity index (χ2v) is 15.9. The Morgan fingerprint density at radius 2 is 1.02 bits per heavy atom. The molecule has 4 saturated carbocycles. The van der Waals surface area contributed by atoms with Crippen LogP contribution in [0.4, 0.5) is 0 Å². The number of aliphatic hydroxyl groups is 2. The van der Waals surface area contributed by atoms with Crippen LogP contribution >= 0.6 is 0 Å². The molecular weight excluding hydrogens is 568 g/mol. The Bertz CT molecular complexity index is 1410. The van der Waals surface area contributed by atoms with Gasteiger partial charge in [0, 0.05) is 11.1 Å². The standard InChI is InChI=1S/C38H50O7/c1-37-15-13-23-21(25(37)9-11-29(37)41)7-5-19-17-27(39)33(43-3)35(31(19)23)45-36-32-20(18-28(40)34(36)44-4)6-8-22-24(32)14-16-38(2)26(22)10-12-30(38)42/h17-18,21-26,29-30,39-42H,5-16H2,1-4H3/t21-,22-,23+,24+,25+,26+,29-,30-,37+,38+/m1/s1. The number of phenolic OH excluding ortho intramolecular Hbond substituents is 2. The molecule has 0 aromatic heterocycles. The monoisotopic (exact) mass is 618 g/mol. The molecule has 0 amide bonds. The van der Waals surface area contributed by atoms with Gasteiger partial charge >= 0.3 is 0 Å². The summed E-state index contributed by atoms with van der Waals surface area (Å²) in [6, 6.07) is 3.74. The fraction of sp³-hybridized carbons (Fsp3) is 0.684. The van der Waals surface area contributed by atoms with Gasteiger partial charge in [-0.05, 0) is 147 Å². The van der Waals surface area contributed by atoms with Crippen molar-refractivity contribution in [2.24, 2.45) is 34.5 Å². The van der Waals surface area contributed by atoms with Crippen molar-refractivity contribution in [1.29, 1.82) is 0 Å². The fourth-order valence-electron chi connectivity index (χ4n) is 12.0. The van der Waals surface area contributed by atoms with Gasteiger partial charge in [-0.25, -0.2) is 0 Å². The molecule has 0 aliphatic heterocycles. The summed E-state index contributed by atoms with van der Waals surface area (Å²) in [6.45, 7) is 4.57. The van der Waals surface area contributed by atoms with Gasteiger partial charge in [0.05, 0.1) is 26.4 Å². The van der Waals surface area contributed by atoms with Gasteiger partial charge in [-0.3, -0.25) is 0 Å². The largest absolute Gasteiger partial charge is 0.504 e. The first kappa shape index (κ1) is 29.7. The molecular formula is C38H50O7. The van der Waals surface area contributed by atoms with E-state index in [2.05, 4.69) is 13.8 Å². The molecule has 8 rings (SSSR count). The number of methoxy groups -OCH3 is 2. The van der Waals surface area contributed by atoms with Crippen LogP contribution in [0.2, 0.25) is 0 Å². The first-order chi connectivity index (χ1) is 21.6. The third-order valence-corrected chi connectivity index (χ3v) is 14.3. The van der Waals surface area contributed by atoms with E-state index in [4.69, 9.17) is 14.2 Å².